The molecule has 0 aliphatic heterocycles. The zero-order valence-electron chi connectivity index (χ0n) is 7.40. The molecule has 66 valence electrons. The molecule has 0 atom stereocenters. The Hall–Kier alpha value is -1.82. The second-order valence-corrected chi connectivity index (χ2v) is 2.60. The van der Waals surface area contributed by atoms with E-state index in [1.54, 1.807) is 31.6 Å². The van der Waals surface area contributed by atoms with Gasteiger partial charge in [0, 0.05) is 25.0 Å². The number of carbonyl (C=O) groups excluding carboxylic acids is 1. The molecular formula is C10H10N2O. The molecule has 0 spiro atoms. The smallest absolute Gasteiger partial charge is 0.254 e. The van der Waals surface area contributed by atoms with E-state index in [9.17, 15) is 4.79 Å². The highest BCUT2D eigenvalue weighted by Gasteiger charge is 2.08. The maximum Gasteiger partial charge on any atom is 0.254 e. The van der Waals surface area contributed by atoms with Crippen molar-refractivity contribution in [2.24, 2.45) is 0 Å². The second-order valence-electron chi connectivity index (χ2n) is 2.60. The van der Waals surface area contributed by atoms with Crippen LogP contribution in [0.4, 0.5) is 0 Å². The lowest BCUT2D eigenvalue weighted by atomic mass is 10.2. The second kappa shape index (κ2) is 4.27. The zero-order valence-corrected chi connectivity index (χ0v) is 7.40. The van der Waals surface area contributed by atoms with Gasteiger partial charge in [-0.3, -0.25) is 9.78 Å². The molecule has 1 amide bonds. The molecule has 0 aliphatic carbocycles. The molecule has 0 N–H and O–H groups in total. The van der Waals surface area contributed by atoms with Crippen molar-refractivity contribution < 1.29 is 4.79 Å². The van der Waals surface area contributed by atoms with Crippen molar-refractivity contribution in [2.45, 2.75) is 0 Å². The molecule has 0 saturated heterocycles. The van der Waals surface area contributed by atoms with Gasteiger partial charge in [0.15, 0.2) is 0 Å². The number of aromatic nitrogens is 1. The molecule has 0 radical (unpaired) electrons. The van der Waals surface area contributed by atoms with E-state index >= 15 is 0 Å². The number of hydrogen-bond acceptors (Lipinski definition) is 2. The number of nitrogens with zero attached hydrogens (tertiary/aromatic N) is 2. The normalized spacial score (nSPS) is 8.92. The lowest BCUT2D eigenvalue weighted by Gasteiger charge is -2.12. The van der Waals surface area contributed by atoms with Crippen LogP contribution in [0.15, 0.2) is 24.5 Å². The molecule has 1 rings (SSSR count). The topological polar surface area (TPSA) is 33.2 Å². The average Bonchev–Trinajstić information content (AvgIpc) is 2.18. The first-order chi connectivity index (χ1) is 6.25. The maximum absolute atomic E-state index is 11.5. The summed E-state index contributed by atoms with van der Waals surface area (Å²) in [5.74, 6) is 2.32. The van der Waals surface area contributed by atoms with E-state index in [-0.39, 0.29) is 5.91 Å². The summed E-state index contributed by atoms with van der Waals surface area (Å²) >= 11 is 0. The molecule has 0 saturated carbocycles. The van der Waals surface area contributed by atoms with E-state index in [1.807, 2.05) is 0 Å². The predicted octanol–water partition coefficient (Wildman–Crippen LogP) is 0.787. The first-order valence-electron chi connectivity index (χ1n) is 3.84. The summed E-state index contributed by atoms with van der Waals surface area (Å²) in [6, 6.07) is 3.32. The van der Waals surface area contributed by atoms with Crippen LogP contribution in [0.2, 0.25) is 0 Å². The minimum absolute atomic E-state index is 0.0830. The Morgan fingerprint density at radius 2 is 2.23 bits per heavy atom. The van der Waals surface area contributed by atoms with Gasteiger partial charge >= 0.3 is 0 Å². The first kappa shape index (κ1) is 9.27. The fourth-order valence-electron chi connectivity index (χ4n) is 0.924. The van der Waals surface area contributed by atoms with Crippen LogP contribution in [0.25, 0.3) is 0 Å². The number of carbonyl (C=O) groups is 1. The van der Waals surface area contributed by atoms with Crippen LogP contribution in [0.5, 0.6) is 0 Å². The van der Waals surface area contributed by atoms with Crippen molar-refractivity contribution in [3.8, 4) is 12.3 Å². The molecule has 0 bridgehead atoms. The number of pyridine rings is 1. The van der Waals surface area contributed by atoms with Crippen LogP contribution >= 0.6 is 0 Å². The van der Waals surface area contributed by atoms with Crippen LogP contribution in [-0.2, 0) is 0 Å². The van der Waals surface area contributed by atoms with Crippen molar-refractivity contribution in [3.63, 3.8) is 0 Å². The van der Waals surface area contributed by atoms with E-state index in [0.29, 0.717) is 12.1 Å². The van der Waals surface area contributed by atoms with Crippen LogP contribution < -0.4 is 0 Å². The molecule has 3 heteroatoms. The van der Waals surface area contributed by atoms with Crippen molar-refractivity contribution >= 4 is 5.91 Å². The Kier molecular flexibility index (Phi) is 3.04. The van der Waals surface area contributed by atoms with Gasteiger partial charge in [-0.15, -0.1) is 6.42 Å². The number of rotatable bonds is 2. The molecule has 13 heavy (non-hydrogen) atoms. The van der Waals surface area contributed by atoms with Crippen LogP contribution in [0.1, 0.15) is 10.4 Å². The summed E-state index contributed by atoms with van der Waals surface area (Å²) in [7, 11) is 1.67. The van der Waals surface area contributed by atoms with E-state index in [2.05, 4.69) is 10.9 Å². The van der Waals surface area contributed by atoms with Crippen LogP contribution in [0, 0.1) is 12.3 Å². The van der Waals surface area contributed by atoms with Gasteiger partial charge in [0.05, 0.1) is 6.54 Å². The third-order valence-electron chi connectivity index (χ3n) is 1.60. The van der Waals surface area contributed by atoms with E-state index in [0.717, 1.165) is 0 Å². The van der Waals surface area contributed by atoms with Crippen molar-refractivity contribution in [3.05, 3.63) is 30.1 Å². The Labute approximate surface area is 77.4 Å². The summed E-state index contributed by atoms with van der Waals surface area (Å²) in [6.07, 6.45) is 8.25. The predicted molar refractivity (Wildman–Crippen MR) is 50.0 cm³/mol. The summed E-state index contributed by atoms with van der Waals surface area (Å²) in [5.41, 5.74) is 0.604. The Balaban J connectivity index is 2.75. The molecule has 0 fully saturated rings. The van der Waals surface area contributed by atoms with Gasteiger partial charge in [-0.25, -0.2) is 0 Å². The molecule has 0 aromatic carbocycles. The molecule has 3 nitrogen and oxygen atoms in total. The van der Waals surface area contributed by atoms with Crippen LogP contribution in [-0.4, -0.2) is 29.4 Å². The quantitative estimate of drug-likeness (QED) is 0.621. The number of hydrogen-bond donors (Lipinski definition) is 0. The minimum atomic E-state index is -0.0830. The Bertz CT molecular complexity index is 327. The van der Waals surface area contributed by atoms with Crippen molar-refractivity contribution in [2.75, 3.05) is 13.6 Å². The highest BCUT2D eigenvalue weighted by Crippen LogP contribution is 2.00. The van der Waals surface area contributed by atoms with Gasteiger partial charge in [-0.2, -0.15) is 0 Å². The molecule has 1 heterocycles. The molecular weight excluding hydrogens is 164 g/mol. The van der Waals surface area contributed by atoms with Crippen LogP contribution in [0.3, 0.4) is 0 Å². The molecule has 0 unspecified atom stereocenters. The van der Waals surface area contributed by atoms with Crippen molar-refractivity contribution in [1.82, 2.24) is 9.88 Å². The van der Waals surface area contributed by atoms with Gasteiger partial charge in [0.2, 0.25) is 0 Å². The standard InChI is InChI=1S/C10H10N2O/c1-3-8-12(2)10(13)9-4-6-11-7-5-9/h1,4-7H,8H2,2H3. The largest absolute Gasteiger partial charge is 0.331 e. The van der Waals surface area contributed by atoms with Gasteiger partial charge in [-0.05, 0) is 12.1 Å². The van der Waals surface area contributed by atoms with Gasteiger partial charge in [-0.1, -0.05) is 5.92 Å². The van der Waals surface area contributed by atoms with Gasteiger partial charge in [0.1, 0.15) is 0 Å². The average molecular weight is 174 g/mol. The number of terminal acetylenes is 1. The van der Waals surface area contributed by atoms with E-state index in [1.165, 1.54) is 4.90 Å². The van der Waals surface area contributed by atoms with Gasteiger partial charge < -0.3 is 4.90 Å². The summed E-state index contributed by atoms with van der Waals surface area (Å²) in [4.78, 5) is 16.8. The SMILES string of the molecule is C#CCN(C)C(=O)c1ccncc1. The Morgan fingerprint density at radius 3 is 2.77 bits per heavy atom. The third-order valence-corrected chi connectivity index (χ3v) is 1.60. The highest BCUT2D eigenvalue weighted by molar-refractivity contribution is 5.93. The highest BCUT2D eigenvalue weighted by atomic mass is 16.2. The summed E-state index contributed by atoms with van der Waals surface area (Å²) < 4.78 is 0. The summed E-state index contributed by atoms with van der Waals surface area (Å²) in [6.45, 7) is 0.321. The molecule has 1 aromatic rings. The first-order valence-corrected chi connectivity index (χ1v) is 3.84. The fraction of sp³-hybridized carbons (Fsp3) is 0.200. The minimum Gasteiger partial charge on any atom is -0.331 e. The number of amides is 1. The fourth-order valence-corrected chi connectivity index (χ4v) is 0.924. The van der Waals surface area contributed by atoms with E-state index < -0.39 is 0 Å². The third kappa shape index (κ3) is 2.31. The monoisotopic (exact) mass is 174 g/mol. The van der Waals surface area contributed by atoms with Crippen molar-refractivity contribution in [1.29, 1.82) is 0 Å². The molecule has 1 aromatic heterocycles. The molecule has 0 aliphatic rings. The lowest BCUT2D eigenvalue weighted by molar-refractivity contribution is 0.0812. The summed E-state index contributed by atoms with van der Waals surface area (Å²) in [5, 5.41) is 0. The van der Waals surface area contributed by atoms with E-state index in [4.69, 9.17) is 6.42 Å². The zero-order chi connectivity index (χ0) is 9.68. The maximum atomic E-state index is 11.5. The Morgan fingerprint density at radius 1 is 1.62 bits per heavy atom. The van der Waals surface area contributed by atoms with Gasteiger partial charge in [0.25, 0.3) is 5.91 Å². The lowest BCUT2D eigenvalue weighted by Crippen LogP contribution is -2.26.